The van der Waals surface area contributed by atoms with Gasteiger partial charge in [0.2, 0.25) is 5.91 Å². The number of nitrogens with one attached hydrogen (secondary N) is 1. The second kappa shape index (κ2) is 7.11. The highest BCUT2D eigenvalue weighted by Crippen LogP contribution is 2.31. The second-order valence-corrected chi connectivity index (χ2v) is 7.55. The number of hydrogen-bond acceptors (Lipinski definition) is 3. The lowest BCUT2D eigenvalue weighted by atomic mass is 9.92. The van der Waals surface area contributed by atoms with Crippen molar-refractivity contribution >= 4 is 17.8 Å². The van der Waals surface area contributed by atoms with Crippen LogP contribution in [0.15, 0.2) is 60.7 Å². The van der Waals surface area contributed by atoms with E-state index in [-0.39, 0.29) is 18.5 Å². The molecule has 2 aliphatic rings. The van der Waals surface area contributed by atoms with Gasteiger partial charge in [-0.2, -0.15) is 0 Å². The average molecular weight is 377 g/mol. The molecule has 2 aromatic rings. The molecule has 4 rings (SSSR count). The topological polar surface area (TPSA) is 69.7 Å². The number of imide groups is 1. The maximum Gasteiger partial charge on any atom is 0.325 e. The Hall–Kier alpha value is -3.15. The van der Waals surface area contributed by atoms with Gasteiger partial charge in [-0.3, -0.25) is 14.5 Å². The fourth-order valence-electron chi connectivity index (χ4n) is 3.62. The van der Waals surface area contributed by atoms with Gasteiger partial charge in [0.1, 0.15) is 12.1 Å². The molecule has 0 radical (unpaired) electrons. The molecular formula is C22H23N3O3. The Balaban J connectivity index is 1.50. The Morgan fingerprint density at radius 3 is 2.29 bits per heavy atom. The highest BCUT2D eigenvalue weighted by molar-refractivity contribution is 6.09. The summed E-state index contributed by atoms with van der Waals surface area (Å²) in [5.74, 6) is -0.598. The number of benzene rings is 2. The van der Waals surface area contributed by atoms with Crippen molar-refractivity contribution in [3.63, 3.8) is 0 Å². The number of hydrogen-bond donors (Lipinski definition) is 1. The van der Waals surface area contributed by atoms with E-state index in [9.17, 15) is 14.4 Å². The predicted molar refractivity (Wildman–Crippen MR) is 104 cm³/mol. The van der Waals surface area contributed by atoms with Gasteiger partial charge in [0.05, 0.1) is 0 Å². The van der Waals surface area contributed by atoms with Crippen molar-refractivity contribution in [2.45, 2.75) is 37.9 Å². The quantitative estimate of drug-likeness (QED) is 0.787. The number of urea groups is 1. The van der Waals surface area contributed by atoms with E-state index < -0.39 is 17.5 Å². The van der Waals surface area contributed by atoms with Gasteiger partial charge in [-0.05, 0) is 30.9 Å². The molecule has 144 valence electrons. The van der Waals surface area contributed by atoms with Gasteiger partial charge in [-0.1, -0.05) is 60.7 Å². The largest absolute Gasteiger partial charge is 0.334 e. The third-order valence-corrected chi connectivity index (χ3v) is 5.42. The molecule has 1 saturated heterocycles. The minimum Gasteiger partial charge on any atom is -0.334 e. The SMILES string of the molecule is CC1(c2ccccc2)NC(=O)N(CC(=O)N(Cc2ccccc2)C2CC2)C1=O. The number of carbonyl (C=O) groups is 3. The molecule has 0 spiro atoms. The van der Waals surface area contributed by atoms with Crippen LogP contribution in [0.25, 0.3) is 0 Å². The molecule has 1 atom stereocenters. The Kier molecular flexibility index (Phi) is 4.63. The van der Waals surface area contributed by atoms with Crippen molar-refractivity contribution in [3.05, 3.63) is 71.8 Å². The van der Waals surface area contributed by atoms with Crippen LogP contribution >= 0.6 is 0 Å². The lowest BCUT2D eigenvalue weighted by Crippen LogP contribution is -2.45. The van der Waals surface area contributed by atoms with Gasteiger partial charge in [0.15, 0.2) is 0 Å². The summed E-state index contributed by atoms with van der Waals surface area (Å²) in [5.41, 5.74) is 0.586. The van der Waals surface area contributed by atoms with E-state index >= 15 is 0 Å². The van der Waals surface area contributed by atoms with Gasteiger partial charge in [-0.25, -0.2) is 4.79 Å². The normalized spacial score (nSPS) is 21.5. The molecule has 0 bridgehead atoms. The smallest absolute Gasteiger partial charge is 0.325 e. The van der Waals surface area contributed by atoms with Crippen LogP contribution in [0.2, 0.25) is 0 Å². The zero-order chi connectivity index (χ0) is 19.7. The highest BCUT2D eigenvalue weighted by atomic mass is 16.2. The van der Waals surface area contributed by atoms with Gasteiger partial charge in [-0.15, -0.1) is 0 Å². The first-order valence-electron chi connectivity index (χ1n) is 9.52. The third kappa shape index (κ3) is 3.38. The molecule has 6 nitrogen and oxygen atoms in total. The van der Waals surface area contributed by atoms with E-state index in [1.807, 2.05) is 48.5 Å². The van der Waals surface area contributed by atoms with Gasteiger partial charge in [0, 0.05) is 12.6 Å². The van der Waals surface area contributed by atoms with E-state index in [1.54, 1.807) is 24.0 Å². The number of amides is 4. The van der Waals surface area contributed by atoms with Gasteiger partial charge >= 0.3 is 6.03 Å². The number of carbonyl (C=O) groups excluding carboxylic acids is 3. The van der Waals surface area contributed by atoms with Crippen molar-refractivity contribution in [2.24, 2.45) is 0 Å². The minimum atomic E-state index is -1.15. The van der Waals surface area contributed by atoms with Crippen LogP contribution in [-0.4, -0.2) is 40.2 Å². The van der Waals surface area contributed by atoms with Crippen LogP contribution in [0, 0.1) is 0 Å². The van der Waals surface area contributed by atoms with Crippen molar-refractivity contribution in [1.82, 2.24) is 15.1 Å². The molecule has 1 aliphatic carbocycles. The molecule has 2 fully saturated rings. The third-order valence-electron chi connectivity index (χ3n) is 5.42. The summed E-state index contributed by atoms with van der Waals surface area (Å²) in [4.78, 5) is 41.3. The molecule has 0 aromatic heterocycles. The van der Waals surface area contributed by atoms with E-state index in [0.717, 1.165) is 23.3 Å². The van der Waals surface area contributed by atoms with Crippen LogP contribution in [0.5, 0.6) is 0 Å². The summed E-state index contributed by atoms with van der Waals surface area (Å²) < 4.78 is 0. The minimum absolute atomic E-state index is 0.189. The zero-order valence-electron chi connectivity index (χ0n) is 15.8. The average Bonchev–Trinajstić information content (AvgIpc) is 3.52. The van der Waals surface area contributed by atoms with Crippen LogP contribution in [0.3, 0.4) is 0 Å². The summed E-state index contributed by atoms with van der Waals surface area (Å²) in [6, 6.07) is 18.5. The second-order valence-electron chi connectivity index (χ2n) is 7.55. The van der Waals surface area contributed by atoms with Crippen molar-refractivity contribution < 1.29 is 14.4 Å². The maximum atomic E-state index is 13.0. The standard InChI is InChI=1S/C22H23N3O3/c1-22(17-10-6-3-7-11-17)20(27)25(21(28)23-22)15-19(26)24(18-12-13-18)14-16-8-4-2-5-9-16/h2-11,18H,12-15H2,1H3,(H,23,28). The summed E-state index contributed by atoms with van der Waals surface area (Å²) in [6.07, 6.45) is 1.92. The summed E-state index contributed by atoms with van der Waals surface area (Å²) >= 11 is 0. The van der Waals surface area contributed by atoms with Crippen molar-refractivity contribution in [1.29, 1.82) is 0 Å². The van der Waals surface area contributed by atoms with Crippen LogP contribution in [0.1, 0.15) is 30.9 Å². The summed E-state index contributed by atoms with van der Waals surface area (Å²) in [5, 5.41) is 2.75. The van der Waals surface area contributed by atoms with Crippen LogP contribution in [-0.2, 0) is 21.7 Å². The molecule has 1 N–H and O–H groups in total. The molecule has 4 amide bonds. The first-order chi connectivity index (χ1) is 13.5. The molecule has 1 unspecified atom stereocenters. The molecule has 6 heteroatoms. The molecular weight excluding hydrogens is 354 g/mol. The first-order valence-corrected chi connectivity index (χ1v) is 9.52. The highest BCUT2D eigenvalue weighted by Gasteiger charge is 2.50. The molecule has 1 saturated carbocycles. The molecule has 2 aromatic carbocycles. The van der Waals surface area contributed by atoms with Crippen molar-refractivity contribution in [2.75, 3.05) is 6.54 Å². The van der Waals surface area contributed by atoms with Crippen LogP contribution < -0.4 is 5.32 Å². The summed E-state index contributed by atoms with van der Waals surface area (Å²) in [7, 11) is 0. The molecule has 1 aliphatic heterocycles. The van der Waals surface area contributed by atoms with E-state index in [0.29, 0.717) is 12.1 Å². The molecule has 1 heterocycles. The Morgan fingerprint density at radius 2 is 1.68 bits per heavy atom. The maximum absolute atomic E-state index is 13.0. The van der Waals surface area contributed by atoms with Gasteiger partial charge < -0.3 is 10.2 Å². The monoisotopic (exact) mass is 377 g/mol. The Labute approximate surface area is 164 Å². The predicted octanol–water partition coefficient (Wildman–Crippen LogP) is 2.64. The first kappa shape index (κ1) is 18.2. The fourth-order valence-corrected chi connectivity index (χ4v) is 3.62. The zero-order valence-corrected chi connectivity index (χ0v) is 15.8. The summed E-state index contributed by atoms with van der Waals surface area (Å²) in [6.45, 7) is 1.93. The Bertz CT molecular complexity index is 896. The lowest BCUT2D eigenvalue weighted by Gasteiger charge is -2.25. The molecule has 28 heavy (non-hydrogen) atoms. The van der Waals surface area contributed by atoms with Gasteiger partial charge in [0.25, 0.3) is 5.91 Å². The fraction of sp³-hybridized carbons (Fsp3) is 0.318. The van der Waals surface area contributed by atoms with Crippen molar-refractivity contribution in [3.8, 4) is 0 Å². The lowest BCUT2D eigenvalue weighted by molar-refractivity contribution is -0.139. The van der Waals surface area contributed by atoms with E-state index in [2.05, 4.69) is 5.32 Å². The van der Waals surface area contributed by atoms with E-state index in [4.69, 9.17) is 0 Å². The Morgan fingerprint density at radius 1 is 1.07 bits per heavy atom. The number of rotatable bonds is 6. The van der Waals surface area contributed by atoms with Crippen LogP contribution in [0.4, 0.5) is 4.79 Å². The van der Waals surface area contributed by atoms with E-state index in [1.165, 1.54) is 0 Å². The number of nitrogens with zero attached hydrogens (tertiary/aromatic N) is 2.